The molecule has 1 unspecified atom stereocenters. The van der Waals surface area contributed by atoms with E-state index in [0.29, 0.717) is 33.7 Å². The van der Waals surface area contributed by atoms with E-state index in [0.717, 1.165) is 35.2 Å². The second kappa shape index (κ2) is 8.34. The lowest BCUT2D eigenvalue weighted by Gasteiger charge is -2.36. The van der Waals surface area contributed by atoms with E-state index in [1.807, 2.05) is 18.2 Å². The summed E-state index contributed by atoms with van der Waals surface area (Å²) in [7, 11) is 3.89. The summed E-state index contributed by atoms with van der Waals surface area (Å²) in [5.74, 6) is 2.06. The van der Waals surface area contributed by atoms with Gasteiger partial charge < -0.3 is 19.7 Å². The molecule has 2 bridgehead atoms. The number of ether oxygens (including phenoxy) is 2. The van der Waals surface area contributed by atoms with Crippen molar-refractivity contribution in [2.75, 3.05) is 19.5 Å². The Morgan fingerprint density at radius 2 is 1.77 bits per heavy atom. The molecule has 8 heteroatoms. The maximum atomic E-state index is 6.44. The Morgan fingerprint density at radius 1 is 1.00 bits per heavy atom. The molecular formula is C23H24Cl2N4O2. The van der Waals surface area contributed by atoms with Gasteiger partial charge in [-0.3, -0.25) is 0 Å². The molecule has 0 amide bonds. The fraction of sp³-hybridized carbons (Fsp3) is 0.391. The van der Waals surface area contributed by atoms with Gasteiger partial charge in [-0.2, -0.15) is 0 Å². The lowest BCUT2D eigenvalue weighted by Crippen LogP contribution is -2.43. The van der Waals surface area contributed by atoms with E-state index in [4.69, 9.17) is 32.7 Å². The first-order valence-electron chi connectivity index (χ1n) is 10.4. The molecule has 1 N–H and O–H groups in total. The maximum Gasteiger partial charge on any atom is 0.163 e. The number of nitrogens with one attached hydrogen (secondary N) is 1. The van der Waals surface area contributed by atoms with Crippen molar-refractivity contribution < 1.29 is 9.47 Å². The minimum absolute atomic E-state index is 0.190. The van der Waals surface area contributed by atoms with Crippen LogP contribution in [0.1, 0.15) is 25.7 Å². The highest BCUT2D eigenvalue weighted by molar-refractivity contribution is 6.42. The Kier molecular flexibility index (Phi) is 5.54. The van der Waals surface area contributed by atoms with Crippen LogP contribution in [0.3, 0.4) is 0 Å². The molecule has 0 aliphatic carbocycles. The number of nitrogens with zero attached hydrogens (tertiary/aromatic N) is 3. The van der Waals surface area contributed by atoms with Crippen LogP contribution in [-0.2, 0) is 0 Å². The van der Waals surface area contributed by atoms with Gasteiger partial charge in [0.25, 0.3) is 0 Å². The Morgan fingerprint density at radius 3 is 2.48 bits per heavy atom. The van der Waals surface area contributed by atoms with Crippen molar-refractivity contribution in [1.82, 2.24) is 14.9 Å². The summed E-state index contributed by atoms with van der Waals surface area (Å²) in [5.41, 5.74) is 1.57. The van der Waals surface area contributed by atoms with Crippen LogP contribution in [0.15, 0.2) is 36.7 Å². The van der Waals surface area contributed by atoms with E-state index in [-0.39, 0.29) is 6.10 Å². The summed E-state index contributed by atoms with van der Waals surface area (Å²) in [4.78, 5) is 11.4. The first-order chi connectivity index (χ1) is 15.0. The van der Waals surface area contributed by atoms with Crippen LogP contribution in [0.25, 0.3) is 10.9 Å². The summed E-state index contributed by atoms with van der Waals surface area (Å²) < 4.78 is 12.1. The second-order valence-electron chi connectivity index (χ2n) is 8.26. The average Bonchev–Trinajstić information content (AvgIpc) is 2.96. The van der Waals surface area contributed by atoms with Gasteiger partial charge in [-0.05, 0) is 57.0 Å². The number of piperidine rings is 1. The number of rotatable bonds is 5. The molecule has 2 aliphatic heterocycles. The Bertz CT molecular complexity index is 1110. The van der Waals surface area contributed by atoms with Crippen molar-refractivity contribution in [3.8, 4) is 11.5 Å². The Hall–Kier alpha value is -2.28. The smallest absolute Gasteiger partial charge is 0.163 e. The van der Waals surface area contributed by atoms with Crippen LogP contribution < -0.4 is 14.8 Å². The highest BCUT2D eigenvalue weighted by atomic mass is 35.5. The maximum absolute atomic E-state index is 6.44. The minimum Gasteiger partial charge on any atom is -0.493 e. The van der Waals surface area contributed by atoms with Gasteiger partial charge in [-0.15, -0.1) is 0 Å². The molecule has 3 aromatic rings. The number of benzene rings is 2. The molecule has 6 nitrogen and oxygen atoms in total. The third-order valence-corrected chi connectivity index (χ3v) is 7.19. The van der Waals surface area contributed by atoms with E-state index in [9.17, 15) is 0 Å². The number of hydrogen-bond donors (Lipinski definition) is 1. The average molecular weight is 459 g/mol. The molecule has 3 atom stereocenters. The van der Waals surface area contributed by atoms with Gasteiger partial charge in [0, 0.05) is 29.2 Å². The van der Waals surface area contributed by atoms with Gasteiger partial charge in [0.1, 0.15) is 18.2 Å². The first kappa shape index (κ1) is 20.6. The molecule has 2 saturated heterocycles. The monoisotopic (exact) mass is 458 g/mol. The lowest BCUT2D eigenvalue weighted by molar-refractivity contribution is 0.0644. The van der Waals surface area contributed by atoms with Crippen molar-refractivity contribution in [2.24, 2.45) is 0 Å². The fourth-order valence-corrected chi connectivity index (χ4v) is 5.06. The molecule has 1 aromatic heterocycles. The summed E-state index contributed by atoms with van der Waals surface area (Å²) in [6.45, 7) is 0. The van der Waals surface area contributed by atoms with E-state index in [1.54, 1.807) is 19.2 Å². The number of halogens is 2. The van der Waals surface area contributed by atoms with Gasteiger partial charge in [-0.25, -0.2) is 9.97 Å². The predicted molar refractivity (Wildman–Crippen MR) is 124 cm³/mol. The highest BCUT2D eigenvalue weighted by Crippen LogP contribution is 2.40. The number of anilines is 2. The third-order valence-electron chi connectivity index (χ3n) is 6.45. The van der Waals surface area contributed by atoms with Crippen LogP contribution >= 0.6 is 23.2 Å². The van der Waals surface area contributed by atoms with E-state index >= 15 is 0 Å². The zero-order valence-corrected chi connectivity index (χ0v) is 19.0. The summed E-state index contributed by atoms with van der Waals surface area (Å²) >= 11 is 12.2. The standard InChI is InChI=1S/C23H24Cl2N4O2/c1-29-14-4-5-15(29)9-16(8-14)31-22-11-20-17(10-21(22)30-2)23(27-12-26-20)28-13-3-6-18(24)19(25)7-13/h3,6-7,10-12,14-16H,4-5,8-9H2,1-2H3,(H,26,27,28)/t14-,15+,16?. The molecule has 31 heavy (non-hydrogen) atoms. The fourth-order valence-electron chi connectivity index (χ4n) is 4.76. The molecule has 5 rings (SSSR count). The van der Waals surface area contributed by atoms with E-state index < -0.39 is 0 Å². The minimum atomic E-state index is 0.190. The normalized spacial score (nSPS) is 23.2. The van der Waals surface area contributed by atoms with Crippen LogP contribution in [0.5, 0.6) is 11.5 Å². The van der Waals surface area contributed by atoms with Crippen LogP contribution in [0, 0.1) is 0 Å². The molecule has 0 saturated carbocycles. The molecule has 2 aromatic carbocycles. The predicted octanol–water partition coefficient (Wildman–Crippen LogP) is 5.69. The van der Waals surface area contributed by atoms with E-state index in [2.05, 4.69) is 27.2 Å². The second-order valence-corrected chi connectivity index (χ2v) is 9.07. The van der Waals surface area contributed by atoms with E-state index in [1.165, 1.54) is 19.2 Å². The number of fused-ring (bicyclic) bond motifs is 3. The molecule has 0 spiro atoms. The summed E-state index contributed by atoms with van der Waals surface area (Å²) in [6, 6.07) is 10.5. The van der Waals surface area contributed by atoms with Gasteiger partial charge in [0.2, 0.25) is 0 Å². The largest absolute Gasteiger partial charge is 0.493 e. The third kappa shape index (κ3) is 4.00. The SMILES string of the molecule is COc1cc2c(Nc3ccc(Cl)c(Cl)c3)ncnc2cc1OC1C[C@H]2CC[C@@H](C1)N2C. The van der Waals surface area contributed by atoms with Crippen LogP contribution in [-0.4, -0.2) is 47.2 Å². The molecule has 2 fully saturated rings. The van der Waals surface area contributed by atoms with Crippen LogP contribution in [0.4, 0.5) is 11.5 Å². The van der Waals surface area contributed by atoms with Gasteiger partial charge >= 0.3 is 0 Å². The molecule has 0 radical (unpaired) electrons. The molecular weight excluding hydrogens is 435 g/mol. The van der Waals surface area contributed by atoms with Crippen molar-refractivity contribution in [1.29, 1.82) is 0 Å². The molecule has 3 heterocycles. The Balaban J connectivity index is 1.44. The topological polar surface area (TPSA) is 59.5 Å². The van der Waals surface area contributed by atoms with Crippen molar-refractivity contribution in [3.05, 3.63) is 46.7 Å². The number of hydrogen-bond acceptors (Lipinski definition) is 6. The summed E-state index contributed by atoms with van der Waals surface area (Å²) in [6.07, 6.45) is 6.33. The van der Waals surface area contributed by atoms with Crippen molar-refractivity contribution >= 4 is 45.6 Å². The Labute approximate surface area is 191 Å². The van der Waals surface area contributed by atoms with Crippen molar-refractivity contribution in [2.45, 2.75) is 43.9 Å². The van der Waals surface area contributed by atoms with Gasteiger partial charge in [0.15, 0.2) is 11.5 Å². The molecule has 2 aliphatic rings. The van der Waals surface area contributed by atoms with Gasteiger partial charge in [-0.1, -0.05) is 23.2 Å². The van der Waals surface area contributed by atoms with Crippen LogP contribution in [0.2, 0.25) is 10.0 Å². The zero-order valence-electron chi connectivity index (χ0n) is 17.4. The highest BCUT2D eigenvalue weighted by Gasteiger charge is 2.39. The first-order valence-corrected chi connectivity index (χ1v) is 11.2. The number of methoxy groups -OCH3 is 1. The van der Waals surface area contributed by atoms with Crippen molar-refractivity contribution in [3.63, 3.8) is 0 Å². The lowest BCUT2D eigenvalue weighted by atomic mass is 10.0. The summed E-state index contributed by atoms with van der Waals surface area (Å²) in [5, 5.41) is 5.11. The zero-order chi connectivity index (χ0) is 21.5. The quantitative estimate of drug-likeness (QED) is 0.529. The van der Waals surface area contributed by atoms with Gasteiger partial charge in [0.05, 0.1) is 22.7 Å². The molecule has 162 valence electrons. The number of aromatic nitrogens is 2.